The Kier molecular flexibility index (Phi) is 2.93. The van der Waals surface area contributed by atoms with E-state index in [1.165, 1.54) is 0 Å². The summed E-state index contributed by atoms with van der Waals surface area (Å²) in [5, 5.41) is 17.7. The predicted molar refractivity (Wildman–Crippen MR) is 48.2 cm³/mol. The number of benzene rings is 1. The normalized spacial score (nSPS) is 8.85. The van der Waals surface area contributed by atoms with E-state index in [4.69, 9.17) is 5.26 Å². The minimum absolute atomic E-state index is 0.118. The molecule has 0 bridgehead atoms. The van der Waals surface area contributed by atoms with Crippen molar-refractivity contribution in [2.75, 3.05) is 0 Å². The SMILES string of the molecule is C=CCc1c(O)cccc1OC#N. The van der Waals surface area contributed by atoms with Gasteiger partial charge < -0.3 is 9.84 Å². The Labute approximate surface area is 76.5 Å². The van der Waals surface area contributed by atoms with E-state index < -0.39 is 0 Å². The average molecular weight is 175 g/mol. The molecule has 0 aliphatic rings. The van der Waals surface area contributed by atoms with E-state index >= 15 is 0 Å². The Morgan fingerprint density at radius 3 is 3.00 bits per heavy atom. The number of nitriles is 1. The van der Waals surface area contributed by atoms with Crippen molar-refractivity contribution in [1.29, 1.82) is 5.26 Å². The summed E-state index contributed by atoms with van der Waals surface area (Å²) in [5.41, 5.74) is 0.582. The molecule has 66 valence electrons. The third kappa shape index (κ3) is 2.00. The first-order valence-electron chi connectivity index (χ1n) is 3.77. The summed E-state index contributed by atoms with van der Waals surface area (Å²) >= 11 is 0. The quantitative estimate of drug-likeness (QED) is 0.564. The zero-order chi connectivity index (χ0) is 9.68. The second-order valence-corrected chi connectivity index (χ2v) is 2.44. The fourth-order valence-electron chi connectivity index (χ4n) is 1.05. The molecular weight excluding hydrogens is 166 g/mol. The highest BCUT2D eigenvalue weighted by molar-refractivity contribution is 5.45. The number of nitrogens with zero attached hydrogens (tertiary/aromatic N) is 1. The van der Waals surface area contributed by atoms with Crippen molar-refractivity contribution in [1.82, 2.24) is 0 Å². The van der Waals surface area contributed by atoms with Gasteiger partial charge in [0, 0.05) is 5.56 Å². The van der Waals surface area contributed by atoms with E-state index in [2.05, 4.69) is 11.3 Å². The average Bonchev–Trinajstić information content (AvgIpc) is 2.11. The van der Waals surface area contributed by atoms with Gasteiger partial charge in [0.25, 0.3) is 6.26 Å². The lowest BCUT2D eigenvalue weighted by atomic mass is 10.1. The van der Waals surface area contributed by atoms with Gasteiger partial charge in [-0.25, -0.2) is 0 Å². The van der Waals surface area contributed by atoms with Crippen molar-refractivity contribution in [2.45, 2.75) is 6.42 Å². The molecule has 0 spiro atoms. The Hall–Kier alpha value is -1.95. The first-order valence-corrected chi connectivity index (χ1v) is 3.77. The van der Waals surface area contributed by atoms with Crippen LogP contribution in [-0.4, -0.2) is 5.11 Å². The lowest BCUT2D eigenvalue weighted by Crippen LogP contribution is -1.90. The van der Waals surface area contributed by atoms with Gasteiger partial charge in [-0.15, -0.1) is 11.8 Å². The molecule has 1 rings (SSSR count). The minimum atomic E-state index is 0.118. The molecule has 0 saturated heterocycles. The van der Waals surface area contributed by atoms with Crippen LogP contribution in [0.4, 0.5) is 0 Å². The van der Waals surface area contributed by atoms with E-state index in [1.807, 2.05) is 0 Å². The molecule has 0 aliphatic heterocycles. The second-order valence-electron chi connectivity index (χ2n) is 2.44. The van der Waals surface area contributed by atoms with Crippen LogP contribution in [0, 0.1) is 11.5 Å². The minimum Gasteiger partial charge on any atom is -0.508 e. The highest BCUT2D eigenvalue weighted by Crippen LogP contribution is 2.27. The Bertz CT molecular complexity index is 352. The number of phenolic OH excluding ortho intramolecular Hbond substituents is 1. The maximum atomic E-state index is 9.41. The summed E-state index contributed by atoms with van der Waals surface area (Å²) in [6.07, 6.45) is 3.68. The topological polar surface area (TPSA) is 53.2 Å². The number of hydrogen-bond acceptors (Lipinski definition) is 3. The molecule has 0 aromatic heterocycles. The number of allylic oxidation sites excluding steroid dienone is 1. The molecule has 0 radical (unpaired) electrons. The first kappa shape index (κ1) is 9.14. The van der Waals surface area contributed by atoms with E-state index in [-0.39, 0.29) is 5.75 Å². The van der Waals surface area contributed by atoms with Gasteiger partial charge in [-0.2, -0.15) is 0 Å². The lowest BCUT2D eigenvalue weighted by Gasteiger charge is -2.05. The predicted octanol–water partition coefficient (Wildman–Crippen LogP) is 1.98. The summed E-state index contributed by atoms with van der Waals surface area (Å²) in [6, 6.07) is 4.79. The molecule has 0 fully saturated rings. The molecule has 13 heavy (non-hydrogen) atoms. The van der Waals surface area contributed by atoms with Crippen LogP contribution in [-0.2, 0) is 6.42 Å². The van der Waals surface area contributed by atoms with Crippen molar-refractivity contribution in [3.05, 3.63) is 36.4 Å². The number of hydrogen-bond donors (Lipinski definition) is 1. The van der Waals surface area contributed by atoms with E-state index in [1.54, 1.807) is 30.5 Å². The van der Waals surface area contributed by atoms with Crippen LogP contribution in [0.25, 0.3) is 0 Å². The molecule has 0 unspecified atom stereocenters. The van der Waals surface area contributed by atoms with Crippen LogP contribution in [0.15, 0.2) is 30.9 Å². The highest BCUT2D eigenvalue weighted by Gasteiger charge is 2.06. The van der Waals surface area contributed by atoms with Crippen LogP contribution >= 0.6 is 0 Å². The summed E-state index contributed by atoms with van der Waals surface area (Å²) in [4.78, 5) is 0. The summed E-state index contributed by atoms with van der Waals surface area (Å²) in [5.74, 6) is 0.495. The molecule has 3 heteroatoms. The lowest BCUT2D eigenvalue weighted by molar-refractivity contribution is 0.453. The molecule has 1 aromatic rings. The number of phenols is 1. The van der Waals surface area contributed by atoms with Gasteiger partial charge in [-0.3, -0.25) is 0 Å². The first-order chi connectivity index (χ1) is 6.29. The molecule has 0 amide bonds. The second kappa shape index (κ2) is 4.17. The zero-order valence-corrected chi connectivity index (χ0v) is 7.03. The fraction of sp³-hybridized carbons (Fsp3) is 0.100. The Morgan fingerprint density at radius 1 is 1.62 bits per heavy atom. The molecule has 1 N–H and O–H groups in total. The van der Waals surface area contributed by atoms with Crippen molar-refractivity contribution in [2.24, 2.45) is 0 Å². The van der Waals surface area contributed by atoms with Crippen LogP contribution in [0.1, 0.15) is 5.56 Å². The standard InChI is InChI=1S/C10H9NO2/c1-2-4-8-9(12)5-3-6-10(8)13-7-11/h2-3,5-6,12H,1,4H2. The van der Waals surface area contributed by atoms with Gasteiger partial charge in [-0.05, 0) is 18.6 Å². The fourth-order valence-corrected chi connectivity index (χ4v) is 1.05. The van der Waals surface area contributed by atoms with Crippen molar-refractivity contribution in [3.63, 3.8) is 0 Å². The zero-order valence-electron chi connectivity index (χ0n) is 7.03. The van der Waals surface area contributed by atoms with E-state index in [9.17, 15) is 5.11 Å². The summed E-state index contributed by atoms with van der Waals surface area (Å²) in [7, 11) is 0. The van der Waals surface area contributed by atoms with Crippen LogP contribution in [0.2, 0.25) is 0 Å². The van der Waals surface area contributed by atoms with Crippen LogP contribution < -0.4 is 4.74 Å². The van der Waals surface area contributed by atoms with Gasteiger partial charge in [0.2, 0.25) is 0 Å². The molecule has 1 aromatic carbocycles. The third-order valence-electron chi connectivity index (χ3n) is 1.61. The van der Waals surface area contributed by atoms with Gasteiger partial charge in [0.15, 0.2) is 0 Å². The van der Waals surface area contributed by atoms with Crippen molar-refractivity contribution < 1.29 is 9.84 Å². The molecule has 0 atom stereocenters. The van der Waals surface area contributed by atoms with Gasteiger partial charge in [0.05, 0.1) is 0 Å². The smallest absolute Gasteiger partial charge is 0.292 e. The van der Waals surface area contributed by atoms with Crippen LogP contribution in [0.3, 0.4) is 0 Å². The maximum absolute atomic E-state index is 9.41. The maximum Gasteiger partial charge on any atom is 0.292 e. The largest absolute Gasteiger partial charge is 0.508 e. The van der Waals surface area contributed by atoms with Gasteiger partial charge in [0.1, 0.15) is 11.5 Å². The number of rotatable bonds is 3. The van der Waals surface area contributed by atoms with E-state index in [0.29, 0.717) is 17.7 Å². The highest BCUT2D eigenvalue weighted by atomic mass is 16.5. The number of aromatic hydroxyl groups is 1. The summed E-state index contributed by atoms with van der Waals surface area (Å²) < 4.78 is 4.67. The molecule has 0 saturated carbocycles. The Balaban J connectivity index is 3.10. The molecular formula is C10H9NO2. The molecule has 3 nitrogen and oxygen atoms in total. The van der Waals surface area contributed by atoms with Gasteiger partial charge >= 0.3 is 0 Å². The number of ether oxygens (including phenoxy) is 1. The van der Waals surface area contributed by atoms with Crippen LogP contribution in [0.5, 0.6) is 11.5 Å². The van der Waals surface area contributed by atoms with Crippen molar-refractivity contribution >= 4 is 0 Å². The van der Waals surface area contributed by atoms with Gasteiger partial charge in [-0.1, -0.05) is 12.1 Å². The summed E-state index contributed by atoms with van der Waals surface area (Å²) in [6.45, 7) is 3.55. The monoisotopic (exact) mass is 175 g/mol. The molecule has 0 aliphatic carbocycles. The Morgan fingerprint density at radius 2 is 2.38 bits per heavy atom. The third-order valence-corrected chi connectivity index (χ3v) is 1.61. The van der Waals surface area contributed by atoms with E-state index in [0.717, 1.165) is 0 Å². The van der Waals surface area contributed by atoms with Crippen molar-refractivity contribution in [3.8, 4) is 17.8 Å². The molecule has 0 heterocycles.